The van der Waals surface area contributed by atoms with Gasteiger partial charge in [-0.1, -0.05) is 55.3 Å². The van der Waals surface area contributed by atoms with E-state index in [0.717, 1.165) is 43.1 Å². The van der Waals surface area contributed by atoms with Gasteiger partial charge in [0.25, 0.3) is 0 Å². The number of amides is 2. The number of ether oxygens (including phenoxy) is 3. The quantitative estimate of drug-likeness (QED) is 0.269. The summed E-state index contributed by atoms with van der Waals surface area (Å²) in [6.45, 7) is 1.09. The van der Waals surface area contributed by atoms with Crippen molar-refractivity contribution in [3.8, 4) is 17.2 Å². The van der Waals surface area contributed by atoms with Crippen LogP contribution in [0.3, 0.4) is 0 Å². The molecule has 1 aliphatic carbocycles. The van der Waals surface area contributed by atoms with E-state index in [1.54, 1.807) is 30.2 Å². The molecule has 0 bridgehead atoms. The number of nitrogens with zero attached hydrogens (tertiary/aromatic N) is 2. The van der Waals surface area contributed by atoms with Crippen LogP contribution in [-0.4, -0.2) is 70.3 Å². The normalized spacial score (nSPS) is 15.2. The summed E-state index contributed by atoms with van der Waals surface area (Å²) in [7, 11) is -2.08. The fourth-order valence-electron chi connectivity index (χ4n) is 6.08. The molecular weight excluding hydrogens is 606 g/mol. The van der Waals surface area contributed by atoms with E-state index in [2.05, 4.69) is 5.32 Å². The molecule has 1 atom stereocenters. The first-order valence-corrected chi connectivity index (χ1v) is 17.7. The van der Waals surface area contributed by atoms with Crippen LogP contribution in [0.4, 0.5) is 5.69 Å². The number of fused-ring (bicyclic) bond motifs is 1. The molecule has 1 N–H and O–H groups in total. The van der Waals surface area contributed by atoms with Crippen molar-refractivity contribution in [2.75, 3.05) is 37.4 Å². The monoisotopic (exact) mass is 649 g/mol. The van der Waals surface area contributed by atoms with Crippen molar-refractivity contribution in [3.63, 3.8) is 0 Å². The Balaban J connectivity index is 1.38. The summed E-state index contributed by atoms with van der Waals surface area (Å²) in [6.07, 6.45) is 5.77. The average Bonchev–Trinajstić information content (AvgIpc) is 3.57. The van der Waals surface area contributed by atoms with Gasteiger partial charge in [0.05, 0.1) is 19.1 Å². The first-order valence-electron chi connectivity index (χ1n) is 15.9. The van der Waals surface area contributed by atoms with Crippen molar-refractivity contribution in [1.29, 1.82) is 0 Å². The molecule has 3 aromatic rings. The molecule has 1 heterocycles. The van der Waals surface area contributed by atoms with Gasteiger partial charge in [-0.15, -0.1) is 0 Å². The van der Waals surface area contributed by atoms with E-state index in [1.165, 1.54) is 4.31 Å². The van der Waals surface area contributed by atoms with Crippen LogP contribution >= 0.6 is 0 Å². The number of rotatable bonds is 14. The standard InChI is InChI=1S/C35H43N3O7S/c1-43-30-15-8-12-27(22-30)25-37(31(23-26-10-4-3-5-11-26)35(40)36-28-13-6-7-14-28)34(39)16-9-19-38(46(2,41)42)29-17-18-32-33(24-29)45-21-20-44-32/h3-5,8,10-12,15,17-18,22,24,28,31H,6-7,9,13-14,16,19-21,23,25H2,1-2H3,(H,36,40). The van der Waals surface area contributed by atoms with E-state index in [9.17, 15) is 18.0 Å². The van der Waals surface area contributed by atoms with Crippen LogP contribution in [0, 0.1) is 0 Å². The maximum Gasteiger partial charge on any atom is 0.243 e. The summed E-state index contributed by atoms with van der Waals surface area (Å²) in [4.78, 5) is 29.7. The molecule has 5 rings (SSSR count). The smallest absolute Gasteiger partial charge is 0.243 e. The molecule has 46 heavy (non-hydrogen) atoms. The molecule has 2 aliphatic rings. The second-order valence-corrected chi connectivity index (χ2v) is 13.7. The second kappa shape index (κ2) is 15.4. The van der Waals surface area contributed by atoms with Gasteiger partial charge in [-0.2, -0.15) is 0 Å². The lowest BCUT2D eigenvalue weighted by molar-refractivity contribution is -0.141. The van der Waals surface area contributed by atoms with Crippen molar-refractivity contribution in [3.05, 3.63) is 83.9 Å². The SMILES string of the molecule is COc1cccc(CN(C(=O)CCCN(c2ccc3c(c2)OCCO3)S(C)(=O)=O)C(Cc2ccccc2)C(=O)NC2CCCC2)c1. The van der Waals surface area contributed by atoms with E-state index in [4.69, 9.17) is 14.2 Å². The number of hydrogen-bond donors (Lipinski definition) is 1. The highest BCUT2D eigenvalue weighted by atomic mass is 32.2. The first-order chi connectivity index (χ1) is 22.2. The summed E-state index contributed by atoms with van der Waals surface area (Å²) in [5, 5.41) is 3.22. The van der Waals surface area contributed by atoms with Gasteiger partial charge >= 0.3 is 0 Å². The Labute approximate surface area is 271 Å². The minimum absolute atomic E-state index is 0.0442. The minimum Gasteiger partial charge on any atom is -0.497 e. The molecule has 0 radical (unpaired) electrons. The molecule has 1 fully saturated rings. The third-order valence-electron chi connectivity index (χ3n) is 8.43. The van der Waals surface area contributed by atoms with Crippen LogP contribution in [0.15, 0.2) is 72.8 Å². The molecule has 0 saturated heterocycles. The molecule has 10 nitrogen and oxygen atoms in total. The largest absolute Gasteiger partial charge is 0.497 e. The number of methoxy groups -OCH3 is 1. The lowest BCUT2D eigenvalue weighted by atomic mass is 10.0. The highest BCUT2D eigenvalue weighted by Gasteiger charge is 2.32. The fourth-order valence-corrected chi connectivity index (χ4v) is 7.04. The Kier molecular flexibility index (Phi) is 11.1. The van der Waals surface area contributed by atoms with E-state index in [1.807, 2.05) is 54.6 Å². The lowest BCUT2D eigenvalue weighted by Gasteiger charge is -2.33. The topological polar surface area (TPSA) is 114 Å². The third kappa shape index (κ3) is 8.72. The maximum atomic E-state index is 14.1. The van der Waals surface area contributed by atoms with Crippen molar-refractivity contribution in [1.82, 2.24) is 10.2 Å². The van der Waals surface area contributed by atoms with Crippen LogP contribution < -0.4 is 23.8 Å². The Morgan fingerprint density at radius 3 is 2.37 bits per heavy atom. The number of carbonyl (C=O) groups is 2. The van der Waals surface area contributed by atoms with Gasteiger partial charge in [0, 0.05) is 38.0 Å². The first kappa shape index (κ1) is 33.1. The molecular formula is C35H43N3O7S. The van der Waals surface area contributed by atoms with Crippen molar-refractivity contribution in [2.24, 2.45) is 0 Å². The third-order valence-corrected chi connectivity index (χ3v) is 9.62. The van der Waals surface area contributed by atoms with Gasteiger partial charge in [-0.3, -0.25) is 13.9 Å². The molecule has 0 aromatic heterocycles. The van der Waals surface area contributed by atoms with Crippen LogP contribution in [-0.2, 0) is 32.6 Å². The zero-order chi connectivity index (χ0) is 32.5. The Morgan fingerprint density at radius 2 is 1.65 bits per heavy atom. The van der Waals surface area contributed by atoms with Gasteiger partial charge in [-0.05, 0) is 54.7 Å². The number of nitrogens with one attached hydrogen (secondary N) is 1. The Morgan fingerprint density at radius 1 is 0.935 bits per heavy atom. The van der Waals surface area contributed by atoms with E-state index in [-0.39, 0.29) is 43.8 Å². The Hall–Kier alpha value is -4.25. The molecule has 2 amide bonds. The van der Waals surface area contributed by atoms with E-state index >= 15 is 0 Å². The summed E-state index contributed by atoms with van der Waals surface area (Å²) in [6, 6.07) is 21.5. The highest BCUT2D eigenvalue weighted by molar-refractivity contribution is 7.92. The molecule has 1 unspecified atom stereocenters. The van der Waals surface area contributed by atoms with Gasteiger partial charge in [0.2, 0.25) is 21.8 Å². The van der Waals surface area contributed by atoms with Crippen LogP contribution in [0.1, 0.15) is 49.7 Å². The fraction of sp³-hybridized carbons (Fsp3) is 0.429. The molecule has 11 heteroatoms. The molecule has 1 aliphatic heterocycles. The summed E-state index contributed by atoms with van der Waals surface area (Å²) < 4.78 is 43.7. The summed E-state index contributed by atoms with van der Waals surface area (Å²) in [5.41, 5.74) is 2.21. The minimum atomic E-state index is -3.67. The number of carbonyl (C=O) groups excluding carboxylic acids is 2. The predicted octanol–water partition coefficient (Wildman–Crippen LogP) is 4.71. The molecule has 1 saturated carbocycles. The number of benzene rings is 3. The van der Waals surface area contributed by atoms with Crippen LogP contribution in [0.2, 0.25) is 0 Å². The highest BCUT2D eigenvalue weighted by Crippen LogP contribution is 2.35. The van der Waals surface area contributed by atoms with E-state index < -0.39 is 16.1 Å². The van der Waals surface area contributed by atoms with Crippen molar-refractivity contribution in [2.45, 2.75) is 63.6 Å². The second-order valence-electron chi connectivity index (χ2n) is 11.8. The number of sulfonamides is 1. The molecule has 246 valence electrons. The van der Waals surface area contributed by atoms with E-state index in [0.29, 0.717) is 42.6 Å². The predicted molar refractivity (Wildman–Crippen MR) is 177 cm³/mol. The van der Waals surface area contributed by atoms with Gasteiger partial charge in [-0.25, -0.2) is 8.42 Å². The maximum absolute atomic E-state index is 14.1. The van der Waals surface area contributed by atoms with Gasteiger partial charge in [0.1, 0.15) is 25.0 Å². The number of hydrogen-bond acceptors (Lipinski definition) is 7. The number of anilines is 1. The summed E-state index contributed by atoms with van der Waals surface area (Å²) >= 11 is 0. The zero-order valence-corrected chi connectivity index (χ0v) is 27.3. The average molecular weight is 650 g/mol. The van der Waals surface area contributed by atoms with Gasteiger partial charge in [0.15, 0.2) is 11.5 Å². The van der Waals surface area contributed by atoms with Gasteiger partial charge < -0.3 is 24.4 Å². The van der Waals surface area contributed by atoms with Crippen molar-refractivity contribution < 1.29 is 32.2 Å². The Bertz CT molecular complexity index is 1590. The zero-order valence-electron chi connectivity index (χ0n) is 26.5. The summed E-state index contributed by atoms with van der Waals surface area (Å²) in [5.74, 6) is 1.28. The lowest BCUT2D eigenvalue weighted by Crippen LogP contribution is -2.52. The van der Waals surface area contributed by atoms with Crippen LogP contribution in [0.25, 0.3) is 0 Å². The molecule has 3 aromatic carbocycles. The van der Waals surface area contributed by atoms with Crippen LogP contribution in [0.5, 0.6) is 17.2 Å². The molecule has 0 spiro atoms. The van der Waals surface area contributed by atoms with Crippen molar-refractivity contribution >= 4 is 27.5 Å².